The molecule has 3 amide bonds. The molecule has 0 aromatic heterocycles. The predicted octanol–water partition coefficient (Wildman–Crippen LogP) is 2.78. The van der Waals surface area contributed by atoms with E-state index in [1.807, 2.05) is 11.9 Å². The van der Waals surface area contributed by atoms with Gasteiger partial charge in [-0.15, -0.1) is 0 Å². The topological polar surface area (TPSA) is 52.6 Å². The summed E-state index contributed by atoms with van der Waals surface area (Å²) in [6.45, 7) is 1.13. The first-order valence-electron chi connectivity index (χ1n) is 8.18. The number of urea groups is 1. The number of hydrogen-bond donors (Lipinski definition) is 1. The molecule has 1 aliphatic heterocycles. The molecule has 7 heteroatoms. The average Bonchev–Trinajstić information content (AvgIpc) is 3.08. The van der Waals surface area contributed by atoms with Crippen LogP contribution in [0.1, 0.15) is 31.2 Å². The van der Waals surface area contributed by atoms with Gasteiger partial charge in [0.05, 0.1) is 0 Å². The molecule has 1 spiro atoms. The monoisotopic (exact) mass is 353 g/mol. The first-order chi connectivity index (χ1) is 11.4. The summed E-state index contributed by atoms with van der Waals surface area (Å²) in [6, 6.07) is 4.13. The first-order valence-corrected chi connectivity index (χ1v) is 8.56. The Morgan fingerprint density at radius 3 is 2.75 bits per heavy atom. The maximum absolute atomic E-state index is 13.8. The third-order valence-electron chi connectivity index (χ3n) is 4.86. The van der Waals surface area contributed by atoms with Gasteiger partial charge in [0, 0.05) is 30.2 Å². The van der Waals surface area contributed by atoms with Gasteiger partial charge < -0.3 is 10.2 Å². The lowest BCUT2D eigenvalue weighted by Crippen LogP contribution is -2.44. The number of hydrogen-bond acceptors (Lipinski definition) is 3. The van der Waals surface area contributed by atoms with Crippen LogP contribution in [0.3, 0.4) is 0 Å². The minimum absolute atomic E-state index is 0.118. The molecule has 2 aliphatic rings. The van der Waals surface area contributed by atoms with E-state index in [1.54, 1.807) is 6.07 Å². The van der Waals surface area contributed by atoms with Crippen LogP contribution >= 0.6 is 11.6 Å². The van der Waals surface area contributed by atoms with Crippen molar-refractivity contribution in [3.05, 3.63) is 34.6 Å². The number of halogens is 2. The van der Waals surface area contributed by atoms with Gasteiger partial charge in [-0.2, -0.15) is 0 Å². The number of benzene rings is 1. The highest BCUT2D eigenvalue weighted by Crippen LogP contribution is 2.34. The van der Waals surface area contributed by atoms with Gasteiger partial charge in [0.2, 0.25) is 0 Å². The zero-order valence-corrected chi connectivity index (χ0v) is 14.4. The summed E-state index contributed by atoms with van der Waals surface area (Å²) in [5, 5.41) is 3.34. The minimum atomic E-state index is -0.672. The Balaban J connectivity index is 1.58. The Labute approximate surface area is 145 Å². The van der Waals surface area contributed by atoms with Crippen LogP contribution < -0.4 is 5.32 Å². The van der Waals surface area contributed by atoms with Gasteiger partial charge in [-0.1, -0.05) is 24.4 Å². The second-order valence-corrected chi connectivity index (χ2v) is 7.09. The molecule has 1 saturated heterocycles. The van der Waals surface area contributed by atoms with E-state index in [1.165, 1.54) is 17.0 Å². The van der Waals surface area contributed by atoms with Crippen LogP contribution in [-0.2, 0) is 11.3 Å². The summed E-state index contributed by atoms with van der Waals surface area (Å²) < 4.78 is 13.8. The van der Waals surface area contributed by atoms with E-state index in [2.05, 4.69) is 5.32 Å². The number of nitrogens with zero attached hydrogens (tertiary/aromatic N) is 2. The van der Waals surface area contributed by atoms with E-state index in [0.29, 0.717) is 30.2 Å². The van der Waals surface area contributed by atoms with Crippen LogP contribution in [0.15, 0.2) is 18.2 Å². The smallest absolute Gasteiger partial charge is 0.323 e. The van der Waals surface area contributed by atoms with E-state index >= 15 is 0 Å². The highest BCUT2D eigenvalue weighted by Gasteiger charge is 2.52. The van der Waals surface area contributed by atoms with Crippen molar-refractivity contribution in [3.8, 4) is 0 Å². The molecule has 0 atom stereocenters. The lowest BCUT2D eigenvalue weighted by Gasteiger charge is -2.22. The Kier molecular flexibility index (Phi) is 4.78. The Bertz CT molecular complexity index is 661. The number of nitrogens with one attached hydrogen (secondary N) is 1. The second kappa shape index (κ2) is 6.69. The number of imide groups is 1. The van der Waals surface area contributed by atoms with Crippen LogP contribution in [0.4, 0.5) is 9.18 Å². The fourth-order valence-electron chi connectivity index (χ4n) is 3.50. The van der Waals surface area contributed by atoms with Gasteiger partial charge in [-0.25, -0.2) is 9.18 Å². The lowest BCUT2D eigenvalue weighted by molar-refractivity contribution is -0.131. The van der Waals surface area contributed by atoms with Crippen molar-refractivity contribution < 1.29 is 14.0 Å². The summed E-state index contributed by atoms with van der Waals surface area (Å²) in [5.74, 6) is -0.432. The molecule has 0 unspecified atom stereocenters. The van der Waals surface area contributed by atoms with E-state index in [9.17, 15) is 14.0 Å². The number of likely N-dealkylation sites (N-methyl/N-ethyl adjacent to an activating group) is 1. The van der Waals surface area contributed by atoms with Crippen molar-refractivity contribution >= 4 is 23.5 Å². The van der Waals surface area contributed by atoms with Gasteiger partial charge >= 0.3 is 6.03 Å². The van der Waals surface area contributed by atoms with E-state index in [0.717, 1.165) is 25.7 Å². The highest BCUT2D eigenvalue weighted by molar-refractivity contribution is 6.30. The molecule has 1 heterocycles. The average molecular weight is 354 g/mol. The van der Waals surface area contributed by atoms with Crippen molar-refractivity contribution in [2.24, 2.45) is 0 Å². The molecular formula is C17H21ClFN3O2. The van der Waals surface area contributed by atoms with Gasteiger partial charge in [0.1, 0.15) is 11.4 Å². The van der Waals surface area contributed by atoms with E-state index in [-0.39, 0.29) is 17.8 Å². The molecule has 1 aromatic carbocycles. The van der Waals surface area contributed by atoms with Crippen molar-refractivity contribution in [2.45, 2.75) is 37.8 Å². The zero-order valence-electron chi connectivity index (χ0n) is 13.6. The lowest BCUT2D eigenvalue weighted by atomic mass is 9.98. The molecule has 1 aromatic rings. The molecule has 3 rings (SSSR count). The molecule has 1 saturated carbocycles. The van der Waals surface area contributed by atoms with Gasteiger partial charge in [-0.3, -0.25) is 9.69 Å². The quantitative estimate of drug-likeness (QED) is 0.828. The summed E-state index contributed by atoms with van der Waals surface area (Å²) in [7, 11) is 1.82. The van der Waals surface area contributed by atoms with E-state index in [4.69, 9.17) is 11.6 Å². The number of rotatable bonds is 5. The van der Waals surface area contributed by atoms with Gasteiger partial charge in [0.15, 0.2) is 0 Å². The van der Waals surface area contributed by atoms with Crippen molar-refractivity contribution in [3.63, 3.8) is 0 Å². The molecule has 1 N–H and O–H groups in total. The van der Waals surface area contributed by atoms with Crippen LogP contribution in [0, 0.1) is 5.82 Å². The summed E-state index contributed by atoms with van der Waals surface area (Å²) in [5.41, 5.74) is -0.177. The number of carbonyl (C=O) groups is 2. The molecule has 24 heavy (non-hydrogen) atoms. The third kappa shape index (κ3) is 3.26. The molecule has 0 radical (unpaired) electrons. The predicted molar refractivity (Wildman–Crippen MR) is 89.2 cm³/mol. The fourth-order valence-corrected chi connectivity index (χ4v) is 3.70. The minimum Gasteiger partial charge on any atom is -0.323 e. The molecule has 2 fully saturated rings. The molecule has 0 bridgehead atoms. The SMILES string of the molecule is CN(CCN1C(=O)NC2(CCCC2)C1=O)Cc1cc(Cl)ccc1F. The zero-order chi connectivity index (χ0) is 17.3. The summed E-state index contributed by atoms with van der Waals surface area (Å²) in [4.78, 5) is 27.8. The Morgan fingerprint density at radius 2 is 2.04 bits per heavy atom. The van der Waals surface area contributed by atoms with Gasteiger partial charge in [0.25, 0.3) is 5.91 Å². The largest absolute Gasteiger partial charge is 0.325 e. The normalized spacial score (nSPS) is 19.6. The molecule has 1 aliphatic carbocycles. The standard InChI is InChI=1S/C17H21ClFN3O2/c1-21(11-12-10-13(18)4-5-14(12)19)8-9-22-15(23)17(20-16(22)24)6-2-3-7-17/h4-5,10H,2-3,6-9,11H2,1H3,(H,20,24). The Morgan fingerprint density at radius 1 is 1.33 bits per heavy atom. The summed E-state index contributed by atoms with van der Waals surface area (Å²) >= 11 is 5.90. The maximum Gasteiger partial charge on any atom is 0.325 e. The first kappa shape index (κ1) is 17.2. The molecule has 5 nitrogen and oxygen atoms in total. The maximum atomic E-state index is 13.8. The fraction of sp³-hybridized carbons (Fsp3) is 0.529. The van der Waals surface area contributed by atoms with Gasteiger partial charge in [-0.05, 0) is 38.1 Å². The number of carbonyl (C=O) groups excluding carboxylic acids is 2. The summed E-state index contributed by atoms with van der Waals surface area (Å²) in [6.07, 6.45) is 3.37. The van der Waals surface area contributed by atoms with Crippen LogP contribution in [-0.4, -0.2) is 47.4 Å². The van der Waals surface area contributed by atoms with Crippen molar-refractivity contribution in [1.82, 2.24) is 15.1 Å². The van der Waals surface area contributed by atoms with Crippen LogP contribution in [0.2, 0.25) is 5.02 Å². The van der Waals surface area contributed by atoms with Crippen LogP contribution in [0.5, 0.6) is 0 Å². The number of amides is 3. The Hall–Kier alpha value is -1.66. The van der Waals surface area contributed by atoms with Crippen molar-refractivity contribution in [2.75, 3.05) is 20.1 Å². The molecule has 130 valence electrons. The third-order valence-corrected chi connectivity index (χ3v) is 5.09. The molecular weight excluding hydrogens is 333 g/mol. The van der Waals surface area contributed by atoms with Crippen molar-refractivity contribution in [1.29, 1.82) is 0 Å². The highest BCUT2D eigenvalue weighted by atomic mass is 35.5. The second-order valence-electron chi connectivity index (χ2n) is 6.65. The van der Waals surface area contributed by atoms with Crippen LogP contribution in [0.25, 0.3) is 0 Å². The van der Waals surface area contributed by atoms with E-state index < -0.39 is 5.54 Å².